The van der Waals surface area contributed by atoms with Crippen molar-refractivity contribution in [2.75, 3.05) is 7.11 Å². The van der Waals surface area contributed by atoms with Gasteiger partial charge < -0.3 is 9.84 Å². The zero-order chi connectivity index (χ0) is 5.86. The van der Waals surface area contributed by atoms with Gasteiger partial charge in [-0.15, -0.1) is 0 Å². The van der Waals surface area contributed by atoms with Crippen LogP contribution in [0.3, 0.4) is 0 Å². The van der Waals surface area contributed by atoms with Crippen LogP contribution in [0.5, 0.6) is 0 Å². The molecule has 0 fully saturated rings. The fourth-order valence-electron chi connectivity index (χ4n) is 0.171. The average molecular weight is 102 g/mol. The lowest BCUT2D eigenvalue weighted by Crippen LogP contribution is -2.03. The SMILES string of the molecule is C=C(OC)C(C)O. The lowest BCUT2D eigenvalue weighted by atomic mass is 10.4. The third kappa shape index (κ3) is 2.23. The summed E-state index contributed by atoms with van der Waals surface area (Å²) in [5.41, 5.74) is 0. The summed E-state index contributed by atoms with van der Waals surface area (Å²) < 4.78 is 4.57. The highest BCUT2D eigenvalue weighted by Gasteiger charge is 1.96. The number of ether oxygens (including phenoxy) is 1. The molecule has 0 rings (SSSR count). The van der Waals surface area contributed by atoms with Gasteiger partial charge in [0.15, 0.2) is 0 Å². The first kappa shape index (κ1) is 6.50. The van der Waals surface area contributed by atoms with Gasteiger partial charge in [-0.2, -0.15) is 0 Å². The van der Waals surface area contributed by atoms with E-state index in [1.54, 1.807) is 6.92 Å². The van der Waals surface area contributed by atoms with Gasteiger partial charge in [0.1, 0.15) is 11.9 Å². The van der Waals surface area contributed by atoms with Crippen LogP contribution in [0.15, 0.2) is 12.3 Å². The van der Waals surface area contributed by atoms with Crippen molar-refractivity contribution in [3.8, 4) is 0 Å². The lowest BCUT2D eigenvalue weighted by Gasteiger charge is -2.04. The molecule has 42 valence electrons. The Morgan fingerprint density at radius 3 is 2.29 bits per heavy atom. The smallest absolute Gasteiger partial charge is 0.117 e. The molecule has 0 aliphatic heterocycles. The summed E-state index contributed by atoms with van der Waals surface area (Å²) in [5, 5.41) is 8.60. The van der Waals surface area contributed by atoms with Crippen molar-refractivity contribution < 1.29 is 9.84 Å². The Kier molecular flexibility index (Phi) is 2.45. The molecule has 0 radical (unpaired) electrons. The van der Waals surface area contributed by atoms with Gasteiger partial charge in [0, 0.05) is 0 Å². The maximum absolute atomic E-state index is 8.60. The second-order valence-corrected chi connectivity index (χ2v) is 1.35. The molecule has 0 amide bonds. The highest BCUT2D eigenvalue weighted by atomic mass is 16.5. The lowest BCUT2D eigenvalue weighted by molar-refractivity contribution is 0.143. The maximum atomic E-state index is 8.60. The van der Waals surface area contributed by atoms with Gasteiger partial charge in [-0.05, 0) is 6.92 Å². The average Bonchev–Trinajstić information content (AvgIpc) is 1.65. The van der Waals surface area contributed by atoms with Gasteiger partial charge in [0.2, 0.25) is 0 Å². The fourth-order valence-corrected chi connectivity index (χ4v) is 0.171. The summed E-state index contributed by atoms with van der Waals surface area (Å²) in [4.78, 5) is 0. The minimum Gasteiger partial charge on any atom is -0.499 e. The van der Waals surface area contributed by atoms with E-state index in [4.69, 9.17) is 5.11 Å². The molecule has 1 atom stereocenters. The number of rotatable bonds is 2. The summed E-state index contributed by atoms with van der Waals surface area (Å²) in [6.45, 7) is 5.00. The van der Waals surface area contributed by atoms with Crippen LogP contribution in [0, 0.1) is 0 Å². The molecule has 0 bridgehead atoms. The minimum atomic E-state index is -0.551. The van der Waals surface area contributed by atoms with Crippen LogP contribution in [0.1, 0.15) is 6.92 Å². The van der Waals surface area contributed by atoms with Crippen LogP contribution in [0.4, 0.5) is 0 Å². The van der Waals surface area contributed by atoms with Gasteiger partial charge in [-0.25, -0.2) is 0 Å². The summed E-state index contributed by atoms with van der Waals surface area (Å²) in [5.74, 6) is 0.403. The summed E-state index contributed by atoms with van der Waals surface area (Å²) in [6, 6.07) is 0. The zero-order valence-electron chi connectivity index (χ0n) is 4.64. The number of hydrogen-bond acceptors (Lipinski definition) is 2. The molecule has 0 aliphatic rings. The third-order valence-electron chi connectivity index (χ3n) is 0.728. The van der Waals surface area contributed by atoms with Crippen LogP contribution in [0.25, 0.3) is 0 Å². The van der Waals surface area contributed by atoms with E-state index in [1.165, 1.54) is 7.11 Å². The number of aliphatic hydroxyl groups excluding tert-OH is 1. The predicted octanol–water partition coefficient (Wildman–Crippen LogP) is 0.527. The molecule has 0 spiro atoms. The molecule has 0 heterocycles. The normalized spacial score (nSPS) is 13.0. The number of methoxy groups -OCH3 is 1. The Morgan fingerprint density at radius 1 is 1.86 bits per heavy atom. The minimum absolute atomic E-state index is 0.403. The summed E-state index contributed by atoms with van der Waals surface area (Å²) >= 11 is 0. The fraction of sp³-hybridized carbons (Fsp3) is 0.600. The molecule has 0 saturated heterocycles. The Balaban J connectivity index is 3.35. The second kappa shape index (κ2) is 2.64. The van der Waals surface area contributed by atoms with Crippen molar-refractivity contribution in [1.82, 2.24) is 0 Å². The Labute approximate surface area is 43.4 Å². The van der Waals surface area contributed by atoms with E-state index >= 15 is 0 Å². The van der Waals surface area contributed by atoms with Crippen molar-refractivity contribution in [1.29, 1.82) is 0 Å². The molecule has 1 unspecified atom stereocenters. The molecule has 0 aromatic carbocycles. The van der Waals surface area contributed by atoms with Gasteiger partial charge in [-0.3, -0.25) is 0 Å². The van der Waals surface area contributed by atoms with E-state index in [-0.39, 0.29) is 0 Å². The monoisotopic (exact) mass is 102 g/mol. The molecule has 2 heteroatoms. The van der Waals surface area contributed by atoms with E-state index in [0.29, 0.717) is 5.76 Å². The predicted molar refractivity (Wildman–Crippen MR) is 27.8 cm³/mol. The van der Waals surface area contributed by atoms with Crippen LogP contribution in [-0.4, -0.2) is 18.3 Å². The molecule has 2 nitrogen and oxygen atoms in total. The van der Waals surface area contributed by atoms with Gasteiger partial charge in [0.25, 0.3) is 0 Å². The molecular formula is C5H10O2. The van der Waals surface area contributed by atoms with E-state index in [2.05, 4.69) is 11.3 Å². The van der Waals surface area contributed by atoms with Crippen LogP contribution >= 0.6 is 0 Å². The van der Waals surface area contributed by atoms with Gasteiger partial charge >= 0.3 is 0 Å². The molecule has 0 saturated carbocycles. The molecule has 7 heavy (non-hydrogen) atoms. The highest BCUT2D eigenvalue weighted by molar-refractivity contribution is 4.87. The van der Waals surface area contributed by atoms with E-state index in [9.17, 15) is 0 Å². The van der Waals surface area contributed by atoms with E-state index in [1.807, 2.05) is 0 Å². The first-order chi connectivity index (χ1) is 3.18. The van der Waals surface area contributed by atoms with Gasteiger partial charge in [-0.1, -0.05) is 6.58 Å². The van der Waals surface area contributed by atoms with Crippen molar-refractivity contribution in [2.45, 2.75) is 13.0 Å². The first-order valence-electron chi connectivity index (χ1n) is 2.09. The molecule has 1 N–H and O–H groups in total. The van der Waals surface area contributed by atoms with Crippen molar-refractivity contribution in [3.63, 3.8) is 0 Å². The Morgan fingerprint density at radius 2 is 2.29 bits per heavy atom. The standard InChI is InChI=1S/C5H10O2/c1-4(6)5(2)7-3/h4,6H,2H2,1,3H3. The van der Waals surface area contributed by atoms with Gasteiger partial charge in [0.05, 0.1) is 7.11 Å². The van der Waals surface area contributed by atoms with Crippen LogP contribution in [-0.2, 0) is 4.74 Å². The van der Waals surface area contributed by atoms with Crippen LogP contribution < -0.4 is 0 Å². The molecular weight excluding hydrogens is 92.1 g/mol. The number of aliphatic hydroxyl groups is 1. The van der Waals surface area contributed by atoms with E-state index in [0.717, 1.165) is 0 Å². The van der Waals surface area contributed by atoms with Crippen molar-refractivity contribution in [3.05, 3.63) is 12.3 Å². The topological polar surface area (TPSA) is 29.5 Å². The highest BCUT2D eigenvalue weighted by Crippen LogP contribution is 1.95. The molecule has 0 aliphatic carbocycles. The van der Waals surface area contributed by atoms with Crippen molar-refractivity contribution >= 4 is 0 Å². The summed E-state index contributed by atoms with van der Waals surface area (Å²) in [6.07, 6.45) is -0.551. The maximum Gasteiger partial charge on any atom is 0.117 e. The summed E-state index contributed by atoms with van der Waals surface area (Å²) in [7, 11) is 1.48. The second-order valence-electron chi connectivity index (χ2n) is 1.35. The Hall–Kier alpha value is -0.500. The quantitative estimate of drug-likeness (QED) is 0.515. The zero-order valence-corrected chi connectivity index (χ0v) is 4.64. The number of hydrogen-bond donors (Lipinski definition) is 1. The first-order valence-corrected chi connectivity index (χ1v) is 2.09. The molecule has 0 aromatic rings. The van der Waals surface area contributed by atoms with E-state index < -0.39 is 6.10 Å². The third-order valence-corrected chi connectivity index (χ3v) is 0.728. The largest absolute Gasteiger partial charge is 0.499 e. The van der Waals surface area contributed by atoms with Crippen LogP contribution in [0.2, 0.25) is 0 Å². The Bertz CT molecular complexity index is 66.5. The molecule has 0 aromatic heterocycles. The van der Waals surface area contributed by atoms with Crippen molar-refractivity contribution in [2.24, 2.45) is 0 Å².